The number of rotatable bonds is 4. The van der Waals surface area contributed by atoms with Gasteiger partial charge in [-0.05, 0) is 25.3 Å². The standard InChI is InChI=1S/C13H17NO2/c1-10-2-4-11(5-3-10)8-14-12(16)13(9-15)6-7-13/h2-5,15H,6-9H2,1H3,(H,14,16). The van der Waals surface area contributed by atoms with Crippen molar-refractivity contribution in [2.24, 2.45) is 5.41 Å². The van der Waals surface area contributed by atoms with Crippen LogP contribution in [0.5, 0.6) is 0 Å². The van der Waals surface area contributed by atoms with Crippen LogP contribution in [-0.4, -0.2) is 17.6 Å². The van der Waals surface area contributed by atoms with E-state index in [4.69, 9.17) is 5.11 Å². The molecule has 3 heteroatoms. The number of aliphatic hydroxyl groups is 1. The second kappa shape index (κ2) is 4.26. The number of carbonyl (C=O) groups excluding carboxylic acids is 1. The number of hydrogen-bond donors (Lipinski definition) is 2. The highest BCUT2D eigenvalue weighted by Crippen LogP contribution is 2.45. The van der Waals surface area contributed by atoms with Gasteiger partial charge in [-0.15, -0.1) is 0 Å². The summed E-state index contributed by atoms with van der Waals surface area (Å²) in [6, 6.07) is 8.07. The van der Waals surface area contributed by atoms with Crippen LogP contribution in [0.15, 0.2) is 24.3 Å². The molecule has 0 atom stereocenters. The summed E-state index contributed by atoms with van der Waals surface area (Å²) < 4.78 is 0. The van der Waals surface area contributed by atoms with Crippen LogP contribution in [0.25, 0.3) is 0 Å². The van der Waals surface area contributed by atoms with E-state index in [1.165, 1.54) is 5.56 Å². The van der Waals surface area contributed by atoms with E-state index >= 15 is 0 Å². The molecular weight excluding hydrogens is 202 g/mol. The van der Waals surface area contributed by atoms with Crippen molar-refractivity contribution < 1.29 is 9.90 Å². The Balaban J connectivity index is 1.88. The molecule has 0 unspecified atom stereocenters. The second-order valence-corrected chi connectivity index (χ2v) is 4.61. The molecule has 0 heterocycles. The number of amides is 1. The van der Waals surface area contributed by atoms with Gasteiger partial charge in [0.15, 0.2) is 0 Å². The third-order valence-corrected chi connectivity index (χ3v) is 3.21. The Kier molecular flexibility index (Phi) is 2.97. The van der Waals surface area contributed by atoms with Gasteiger partial charge in [-0.3, -0.25) is 4.79 Å². The Bertz CT molecular complexity index is 379. The Morgan fingerprint density at radius 1 is 1.38 bits per heavy atom. The minimum absolute atomic E-state index is 0.0180. The van der Waals surface area contributed by atoms with Crippen molar-refractivity contribution in [1.29, 1.82) is 0 Å². The zero-order chi connectivity index (χ0) is 11.6. The maximum atomic E-state index is 11.7. The van der Waals surface area contributed by atoms with E-state index in [0.717, 1.165) is 18.4 Å². The van der Waals surface area contributed by atoms with E-state index in [-0.39, 0.29) is 12.5 Å². The van der Waals surface area contributed by atoms with Crippen LogP contribution in [-0.2, 0) is 11.3 Å². The molecule has 86 valence electrons. The largest absolute Gasteiger partial charge is 0.395 e. The van der Waals surface area contributed by atoms with Gasteiger partial charge in [0.2, 0.25) is 5.91 Å². The number of nitrogens with one attached hydrogen (secondary N) is 1. The number of carbonyl (C=O) groups is 1. The van der Waals surface area contributed by atoms with Crippen molar-refractivity contribution in [2.75, 3.05) is 6.61 Å². The number of aliphatic hydroxyl groups excluding tert-OH is 1. The Hall–Kier alpha value is -1.35. The first kappa shape index (κ1) is 11.1. The number of benzene rings is 1. The van der Waals surface area contributed by atoms with Gasteiger partial charge in [-0.1, -0.05) is 29.8 Å². The van der Waals surface area contributed by atoms with Crippen LogP contribution in [0.3, 0.4) is 0 Å². The molecule has 2 N–H and O–H groups in total. The van der Waals surface area contributed by atoms with Crippen molar-refractivity contribution >= 4 is 5.91 Å². The maximum absolute atomic E-state index is 11.7. The summed E-state index contributed by atoms with van der Waals surface area (Å²) in [5, 5.41) is 12.0. The molecule has 1 aliphatic carbocycles. The van der Waals surface area contributed by atoms with Crippen molar-refractivity contribution in [2.45, 2.75) is 26.3 Å². The number of aryl methyl sites for hydroxylation is 1. The summed E-state index contributed by atoms with van der Waals surface area (Å²) in [7, 11) is 0. The molecular formula is C13H17NO2. The van der Waals surface area contributed by atoms with Crippen molar-refractivity contribution in [3.8, 4) is 0 Å². The van der Waals surface area contributed by atoms with E-state index in [1.54, 1.807) is 0 Å². The average Bonchev–Trinajstić information content (AvgIpc) is 3.09. The fourth-order valence-electron chi connectivity index (χ4n) is 1.68. The molecule has 1 fully saturated rings. The van der Waals surface area contributed by atoms with Gasteiger partial charge in [-0.25, -0.2) is 0 Å². The fourth-order valence-corrected chi connectivity index (χ4v) is 1.68. The highest BCUT2D eigenvalue weighted by Gasteiger charge is 2.49. The Morgan fingerprint density at radius 3 is 2.50 bits per heavy atom. The molecule has 0 aromatic heterocycles. The Labute approximate surface area is 95.5 Å². The molecule has 1 amide bonds. The van der Waals surface area contributed by atoms with Gasteiger partial charge < -0.3 is 10.4 Å². The van der Waals surface area contributed by atoms with Gasteiger partial charge in [0.1, 0.15) is 0 Å². The molecule has 0 aliphatic heterocycles. The molecule has 0 radical (unpaired) electrons. The van der Waals surface area contributed by atoms with Crippen molar-refractivity contribution in [1.82, 2.24) is 5.32 Å². The minimum Gasteiger partial charge on any atom is -0.395 e. The summed E-state index contributed by atoms with van der Waals surface area (Å²) in [4.78, 5) is 11.7. The van der Waals surface area contributed by atoms with Crippen LogP contribution in [0.2, 0.25) is 0 Å². The van der Waals surface area contributed by atoms with Crippen LogP contribution in [0.1, 0.15) is 24.0 Å². The molecule has 0 saturated heterocycles. The predicted octanol–water partition coefficient (Wildman–Crippen LogP) is 1.38. The van der Waals surface area contributed by atoms with Crippen LogP contribution in [0.4, 0.5) is 0 Å². The maximum Gasteiger partial charge on any atom is 0.228 e. The van der Waals surface area contributed by atoms with Crippen LogP contribution in [0, 0.1) is 12.3 Å². The normalized spacial score (nSPS) is 16.9. The third kappa shape index (κ3) is 2.25. The summed E-state index contributed by atoms with van der Waals surface area (Å²) in [6.45, 7) is 2.54. The molecule has 1 aliphatic rings. The van der Waals surface area contributed by atoms with E-state index in [2.05, 4.69) is 5.32 Å². The molecule has 16 heavy (non-hydrogen) atoms. The zero-order valence-electron chi connectivity index (χ0n) is 9.49. The zero-order valence-corrected chi connectivity index (χ0v) is 9.49. The van der Waals surface area contributed by atoms with Gasteiger partial charge >= 0.3 is 0 Å². The van der Waals surface area contributed by atoms with Crippen molar-refractivity contribution in [3.63, 3.8) is 0 Å². The van der Waals surface area contributed by atoms with Crippen molar-refractivity contribution in [3.05, 3.63) is 35.4 Å². The lowest BCUT2D eigenvalue weighted by Gasteiger charge is -2.12. The third-order valence-electron chi connectivity index (χ3n) is 3.21. The topological polar surface area (TPSA) is 49.3 Å². The van der Waals surface area contributed by atoms with Crippen LogP contribution < -0.4 is 5.32 Å². The van der Waals surface area contributed by atoms with Gasteiger partial charge in [0, 0.05) is 6.54 Å². The summed E-state index contributed by atoms with van der Waals surface area (Å²) in [6.07, 6.45) is 1.62. The molecule has 0 bridgehead atoms. The first-order valence-corrected chi connectivity index (χ1v) is 5.61. The molecule has 1 saturated carbocycles. The average molecular weight is 219 g/mol. The highest BCUT2D eigenvalue weighted by molar-refractivity contribution is 5.85. The quantitative estimate of drug-likeness (QED) is 0.803. The van der Waals surface area contributed by atoms with E-state index in [1.807, 2.05) is 31.2 Å². The van der Waals surface area contributed by atoms with Gasteiger partial charge in [0.05, 0.1) is 12.0 Å². The second-order valence-electron chi connectivity index (χ2n) is 4.61. The van der Waals surface area contributed by atoms with E-state index < -0.39 is 5.41 Å². The minimum atomic E-state index is -0.468. The van der Waals surface area contributed by atoms with Gasteiger partial charge in [0.25, 0.3) is 0 Å². The van der Waals surface area contributed by atoms with Crippen LogP contribution >= 0.6 is 0 Å². The number of hydrogen-bond acceptors (Lipinski definition) is 2. The first-order valence-electron chi connectivity index (χ1n) is 5.61. The summed E-state index contributed by atoms with van der Waals surface area (Å²) >= 11 is 0. The monoisotopic (exact) mass is 219 g/mol. The molecule has 0 spiro atoms. The summed E-state index contributed by atoms with van der Waals surface area (Å²) in [5.74, 6) is -0.0180. The highest BCUT2D eigenvalue weighted by atomic mass is 16.3. The molecule has 1 aromatic rings. The first-order chi connectivity index (χ1) is 7.66. The smallest absolute Gasteiger partial charge is 0.228 e. The Morgan fingerprint density at radius 2 is 2.00 bits per heavy atom. The lowest BCUT2D eigenvalue weighted by atomic mass is 10.1. The van der Waals surface area contributed by atoms with E-state index in [9.17, 15) is 4.79 Å². The summed E-state index contributed by atoms with van der Waals surface area (Å²) in [5.41, 5.74) is 1.84. The molecule has 1 aromatic carbocycles. The van der Waals surface area contributed by atoms with E-state index in [0.29, 0.717) is 6.54 Å². The fraction of sp³-hybridized carbons (Fsp3) is 0.462. The lowest BCUT2D eigenvalue weighted by Crippen LogP contribution is -2.33. The SMILES string of the molecule is Cc1ccc(CNC(=O)C2(CO)CC2)cc1. The lowest BCUT2D eigenvalue weighted by molar-refractivity contribution is -0.127. The predicted molar refractivity (Wildman–Crippen MR) is 61.8 cm³/mol. The molecule has 2 rings (SSSR count). The molecule has 3 nitrogen and oxygen atoms in total. The van der Waals surface area contributed by atoms with Gasteiger partial charge in [-0.2, -0.15) is 0 Å².